The van der Waals surface area contributed by atoms with Crippen molar-refractivity contribution in [3.63, 3.8) is 0 Å². The minimum Gasteiger partial charge on any atom is -0.369 e. The molecular formula is C17H26N6O2. The fourth-order valence-electron chi connectivity index (χ4n) is 3.46. The van der Waals surface area contributed by atoms with Crippen LogP contribution in [0.3, 0.4) is 0 Å². The predicted octanol–water partition coefficient (Wildman–Crippen LogP) is -0.158. The van der Waals surface area contributed by atoms with Crippen molar-refractivity contribution in [1.29, 1.82) is 0 Å². The number of aromatic nitrogens is 2. The fourth-order valence-corrected chi connectivity index (χ4v) is 3.46. The molecular weight excluding hydrogens is 320 g/mol. The molecule has 0 aromatic carbocycles. The molecule has 2 aliphatic heterocycles. The second kappa shape index (κ2) is 7.77. The Kier molecular flexibility index (Phi) is 5.47. The van der Waals surface area contributed by atoms with Crippen LogP contribution in [0.2, 0.25) is 0 Å². The van der Waals surface area contributed by atoms with Crippen LogP contribution < -0.4 is 10.6 Å². The normalized spacial score (nSPS) is 22.0. The zero-order valence-electron chi connectivity index (χ0n) is 14.7. The molecule has 1 aromatic rings. The molecule has 0 bridgehead atoms. The Morgan fingerprint density at radius 1 is 1.20 bits per heavy atom. The Bertz CT molecular complexity index is 631. The highest BCUT2D eigenvalue weighted by atomic mass is 16.2. The Hall–Kier alpha value is -2.22. The van der Waals surface area contributed by atoms with Gasteiger partial charge >= 0.3 is 0 Å². The fraction of sp³-hybridized carbons (Fsp3) is 0.647. The Morgan fingerprint density at radius 2 is 1.96 bits per heavy atom. The van der Waals surface area contributed by atoms with E-state index in [1.165, 1.54) is 19.8 Å². The summed E-state index contributed by atoms with van der Waals surface area (Å²) in [7, 11) is 0. The third-order valence-corrected chi connectivity index (χ3v) is 4.93. The minimum absolute atomic E-state index is 0.0218. The van der Waals surface area contributed by atoms with Crippen molar-refractivity contribution in [3.05, 3.63) is 18.0 Å². The van der Waals surface area contributed by atoms with Crippen LogP contribution in [0, 0.1) is 5.92 Å². The number of hydrogen-bond acceptors (Lipinski definition) is 6. The predicted molar refractivity (Wildman–Crippen MR) is 93.7 cm³/mol. The lowest BCUT2D eigenvalue weighted by molar-refractivity contribution is -0.130. The van der Waals surface area contributed by atoms with Crippen molar-refractivity contribution in [2.24, 2.45) is 11.7 Å². The molecule has 0 saturated carbocycles. The van der Waals surface area contributed by atoms with Crippen molar-refractivity contribution >= 4 is 17.8 Å². The molecule has 8 nitrogen and oxygen atoms in total. The van der Waals surface area contributed by atoms with Gasteiger partial charge in [0.1, 0.15) is 0 Å². The summed E-state index contributed by atoms with van der Waals surface area (Å²) in [5, 5.41) is 0. The van der Waals surface area contributed by atoms with E-state index in [0.717, 1.165) is 24.7 Å². The lowest BCUT2D eigenvalue weighted by atomic mass is 10.1. The van der Waals surface area contributed by atoms with Crippen molar-refractivity contribution in [2.75, 3.05) is 44.2 Å². The summed E-state index contributed by atoms with van der Waals surface area (Å²) in [6.07, 6.45) is 4.16. The van der Waals surface area contributed by atoms with E-state index in [-0.39, 0.29) is 17.7 Å². The van der Waals surface area contributed by atoms with Crippen LogP contribution >= 0.6 is 0 Å². The second-order valence-corrected chi connectivity index (χ2v) is 6.84. The number of hydrogen-bond donors (Lipinski definition) is 1. The quantitative estimate of drug-likeness (QED) is 0.814. The first-order valence-electron chi connectivity index (χ1n) is 8.87. The average molecular weight is 346 g/mol. The number of anilines is 1. The van der Waals surface area contributed by atoms with Gasteiger partial charge in [0.05, 0.1) is 11.6 Å². The number of primary amides is 1. The summed E-state index contributed by atoms with van der Waals surface area (Å²) in [6, 6.07) is 1.91. The second-order valence-electron chi connectivity index (χ2n) is 6.84. The molecule has 8 heteroatoms. The standard InChI is InChI=1S/C17H26N6O2/c1-13(24)23-9-8-21(10-14(11-23)16(18)25)12-15-4-5-19-17(20-15)22-6-2-3-7-22/h4-5,14H,2-3,6-12H2,1H3,(H2,18,25)/t14-/m1/s1. The first-order valence-corrected chi connectivity index (χ1v) is 8.87. The van der Waals surface area contributed by atoms with Crippen LogP contribution in [0.1, 0.15) is 25.5 Å². The molecule has 2 saturated heterocycles. The zero-order valence-corrected chi connectivity index (χ0v) is 14.7. The van der Waals surface area contributed by atoms with E-state index in [4.69, 9.17) is 5.73 Å². The van der Waals surface area contributed by atoms with E-state index in [2.05, 4.69) is 19.8 Å². The molecule has 0 aliphatic carbocycles. The smallest absolute Gasteiger partial charge is 0.225 e. The SMILES string of the molecule is CC(=O)N1CCN(Cc2ccnc(N3CCCC3)n2)C[C@@H](C(N)=O)C1. The molecule has 2 fully saturated rings. The highest BCUT2D eigenvalue weighted by Crippen LogP contribution is 2.17. The maximum absolute atomic E-state index is 11.7. The number of carbonyl (C=O) groups is 2. The van der Waals surface area contributed by atoms with Crippen molar-refractivity contribution < 1.29 is 9.59 Å². The summed E-state index contributed by atoms with van der Waals surface area (Å²) >= 11 is 0. The maximum atomic E-state index is 11.7. The molecule has 2 amide bonds. The number of amides is 2. The third-order valence-electron chi connectivity index (χ3n) is 4.93. The maximum Gasteiger partial charge on any atom is 0.225 e. The van der Waals surface area contributed by atoms with Gasteiger partial charge in [-0.05, 0) is 18.9 Å². The van der Waals surface area contributed by atoms with E-state index >= 15 is 0 Å². The van der Waals surface area contributed by atoms with Gasteiger partial charge in [0.15, 0.2) is 0 Å². The molecule has 1 atom stereocenters. The summed E-state index contributed by atoms with van der Waals surface area (Å²) < 4.78 is 0. The van der Waals surface area contributed by atoms with E-state index in [1.54, 1.807) is 11.1 Å². The first-order chi connectivity index (χ1) is 12.0. The molecule has 3 heterocycles. The lowest BCUT2D eigenvalue weighted by Crippen LogP contribution is -2.39. The number of nitrogens with zero attached hydrogens (tertiary/aromatic N) is 5. The highest BCUT2D eigenvalue weighted by Gasteiger charge is 2.28. The molecule has 136 valence electrons. The topological polar surface area (TPSA) is 95.7 Å². The van der Waals surface area contributed by atoms with Crippen LogP contribution in [0.4, 0.5) is 5.95 Å². The van der Waals surface area contributed by atoms with Gasteiger partial charge in [0.2, 0.25) is 17.8 Å². The monoisotopic (exact) mass is 346 g/mol. The van der Waals surface area contributed by atoms with Gasteiger partial charge in [-0.15, -0.1) is 0 Å². The Labute approximate surface area is 148 Å². The minimum atomic E-state index is -0.362. The third kappa shape index (κ3) is 4.45. The Morgan fingerprint density at radius 3 is 2.64 bits per heavy atom. The summed E-state index contributed by atoms with van der Waals surface area (Å²) in [6.45, 7) is 6.40. The molecule has 2 N–H and O–H groups in total. The van der Waals surface area contributed by atoms with Crippen LogP contribution in [-0.4, -0.2) is 70.9 Å². The van der Waals surface area contributed by atoms with E-state index < -0.39 is 0 Å². The van der Waals surface area contributed by atoms with Gasteiger partial charge in [-0.2, -0.15) is 0 Å². The molecule has 3 rings (SSSR count). The number of carbonyl (C=O) groups excluding carboxylic acids is 2. The van der Waals surface area contributed by atoms with Gasteiger partial charge in [0, 0.05) is 58.9 Å². The van der Waals surface area contributed by atoms with E-state index in [0.29, 0.717) is 32.7 Å². The van der Waals surface area contributed by atoms with Crippen LogP contribution in [-0.2, 0) is 16.1 Å². The van der Waals surface area contributed by atoms with Gasteiger partial charge in [-0.25, -0.2) is 9.97 Å². The summed E-state index contributed by atoms with van der Waals surface area (Å²) in [5.41, 5.74) is 6.45. The van der Waals surface area contributed by atoms with Gasteiger partial charge in [-0.1, -0.05) is 0 Å². The van der Waals surface area contributed by atoms with Gasteiger partial charge < -0.3 is 15.5 Å². The first kappa shape index (κ1) is 17.6. The van der Waals surface area contributed by atoms with Gasteiger partial charge in [-0.3, -0.25) is 14.5 Å². The number of rotatable bonds is 4. The largest absolute Gasteiger partial charge is 0.369 e. The molecule has 1 aromatic heterocycles. The molecule has 25 heavy (non-hydrogen) atoms. The summed E-state index contributed by atoms with van der Waals surface area (Å²) in [5.74, 6) is 0.0398. The molecule has 2 aliphatic rings. The van der Waals surface area contributed by atoms with E-state index in [1.807, 2.05) is 6.07 Å². The van der Waals surface area contributed by atoms with E-state index in [9.17, 15) is 9.59 Å². The summed E-state index contributed by atoms with van der Waals surface area (Å²) in [4.78, 5) is 38.5. The van der Waals surface area contributed by atoms with Crippen LogP contribution in [0.5, 0.6) is 0 Å². The van der Waals surface area contributed by atoms with Gasteiger partial charge in [0.25, 0.3) is 0 Å². The lowest BCUT2D eigenvalue weighted by Gasteiger charge is -2.22. The highest BCUT2D eigenvalue weighted by molar-refractivity contribution is 5.79. The van der Waals surface area contributed by atoms with Crippen LogP contribution in [0.25, 0.3) is 0 Å². The van der Waals surface area contributed by atoms with Crippen molar-refractivity contribution in [3.8, 4) is 0 Å². The molecule has 0 unspecified atom stereocenters. The number of nitrogens with two attached hydrogens (primary N) is 1. The molecule has 0 spiro atoms. The van der Waals surface area contributed by atoms with Crippen molar-refractivity contribution in [2.45, 2.75) is 26.3 Å². The van der Waals surface area contributed by atoms with Crippen LogP contribution in [0.15, 0.2) is 12.3 Å². The Balaban J connectivity index is 1.69. The average Bonchev–Trinajstić information content (AvgIpc) is 3.03. The van der Waals surface area contributed by atoms with Crippen molar-refractivity contribution in [1.82, 2.24) is 19.8 Å². The zero-order chi connectivity index (χ0) is 17.8. The molecule has 0 radical (unpaired) electrons.